The molecule has 0 saturated carbocycles. The molecule has 5 rings (SSSR count). The van der Waals surface area contributed by atoms with Crippen molar-refractivity contribution in [2.75, 3.05) is 0 Å². The summed E-state index contributed by atoms with van der Waals surface area (Å²) in [5.74, 6) is 0.875. The summed E-state index contributed by atoms with van der Waals surface area (Å²) >= 11 is 7.39. The molecule has 4 aromatic rings. The zero-order chi connectivity index (χ0) is 20.7. The molecule has 0 unspecified atom stereocenters. The highest BCUT2D eigenvalue weighted by Crippen LogP contribution is 2.42. The van der Waals surface area contributed by atoms with Crippen LogP contribution in [0, 0.1) is 13.8 Å². The highest BCUT2D eigenvalue weighted by Gasteiger charge is 2.41. The van der Waals surface area contributed by atoms with E-state index in [0.29, 0.717) is 11.7 Å². The first kappa shape index (κ1) is 19.0. The van der Waals surface area contributed by atoms with Gasteiger partial charge in [-0.15, -0.1) is 11.3 Å². The van der Waals surface area contributed by atoms with Crippen molar-refractivity contribution < 1.29 is 4.42 Å². The Morgan fingerprint density at radius 3 is 2.77 bits per heavy atom. The molecule has 0 aliphatic carbocycles. The number of aromatic nitrogens is 3. The summed E-state index contributed by atoms with van der Waals surface area (Å²) in [6, 6.07) is 12.0. The normalized spacial score (nSPS) is 18.7. The Labute approximate surface area is 184 Å². The van der Waals surface area contributed by atoms with Crippen LogP contribution in [0.3, 0.4) is 0 Å². The lowest BCUT2D eigenvalue weighted by atomic mass is 9.96. The molecular formula is C22H21N5OS2. The van der Waals surface area contributed by atoms with E-state index >= 15 is 0 Å². The van der Waals surface area contributed by atoms with Gasteiger partial charge in [-0.25, -0.2) is 4.98 Å². The highest BCUT2D eigenvalue weighted by atomic mass is 32.1. The third-order valence-electron chi connectivity index (χ3n) is 5.50. The average Bonchev–Trinajstić information content (AvgIpc) is 3.53. The maximum atomic E-state index is 5.76. The molecule has 2 atom stereocenters. The third-order valence-corrected chi connectivity index (χ3v) is 6.61. The second kappa shape index (κ2) is 7.70. The zero-order valence-electron chi connectivity index (χ0n) is 16.6. The molecule has 1 N–H and O–H groups in total. The largest absolute Gasteiger partial charge is 0.467 e. The van der Waals surface area contributed by atoms with Crippen LogP contribution in [0.25, 0.3) is 5.13 Å². The van der Waals surface area contributed by atoms with Gasteiger partial charge in [-0.2, -0.15) is 0 Å². The fraction of sp³-hybridized carbons (Fsp3) is 0.227. The van der Waals surface area contributed by atoms with Gasteiger partial charge in [-0.1, -0.05) is 6.07 Å². The molecule has 0 amide bonds. The highest BCUT2D eigenvalue weighted by molar-refractivity contribution is 7.80. The van der Waals surface area contributed by atoms with Crippen LogP contribution in [0.15, 0.2) is 64.9 Å². The Morgan fingerprint density at radius 2 is 2.07 bits per heavy atom. The van der Waals surface area contributed by atoms with Crippen LogP contribution in [0.4, 0.5) is 0 Å². The topological polar surface area (TPSA) is 59.1 Å². The monoisotopic (exact) mass is 435 g/mol. The van der Waals surface area contributed by atoms with Gasteiger partial charge in [0.2, 0.25) is 0 Å². The molecule has 0 aromatic carbocycles. The minimum Gasteiger partial charge on any atom is -0.467 e. The molecule has 5 heterocycles. The van der Waals surface area contributed by atoms with Crippen molar-refractivity contribution in [3.63, 3.8) is 0 Å². The van der Waals surface area contributed by atoms with Crippen LogP contribution >= 0.6 is 23.6 Å². The molecule has 6 nitrogen and oxygen atoms in total. The van der Waals surface area contributed by atoms with Gasteiger partial charge >= 0.3 is 0 Å². The average molecular weight is 436 g/mol. The predicted molar refractivity (Wildman–Crippen MR) is 121 cm³/mol. The van der Waals surface area contributed by atoms with Crippen molar-refractivity contribution in [1.82, 2.24) is 24.8 Å². The van der Waals surface area contributed by atoms with E-state index in [2.05, 4.69) is 44.7 Å². The molecule has 152 valence electrons. The molecule has 1 fully saturated rings. The third kappa shape index (κ3) is 3.22. The van der Waals surface area contributed by atoms with Crippen molar-refractivity contribution >= 4 is 28.7 Å². The second-order valence-corrected chi connectivity index (χ2v) is 8.57. The molecule has 0 radical (unpaired) electrons. The first-order valence-electron chi connectivity index (χ1n) is 9.72. The van der Waals surface area contributed by atoms with Crippen molar-refractivity contribution in [2.24, 2.45) is 0 Å². The number of pyridine rings is 1. The Hall–Kier alpha value is -2.97. The number of rotatable bonds is 5. The molecular weight excluding hydrogens is 414 g/mol. The summed E-state index contributed by atoms with van der Waals surface area (Å²) in [5, 5.41) is 7.17. The van der Waals surface area contributed by atoms with Gasteiger partial charge < -0.3 is 14.6 Å². The lowest BCUT2D eigenvalue weighted by molar-refractivity contribution is 0.286. The van der Waals surface area contributed by atoms with Crippen molar-refractivity contribution in [2.45, 2.75) is 32.5 Å². The van der Waals surface area contributed by atoms with Gasteiger partial charge in [0, 0.05) is 29.2 Å². The molecule has 1 saturated heterocycles. The minimum atomic E-state index is -0.0566. The van der Waals surface area contributed by atoms with E-state index < -0.39 is 0 Å². The molecule has 30 heavy (non-hydrogen) atoms. The standard InChI is InChI=1S/C22H21N5OS2/c1-14-12-17(15(2)27(14)22-24-9-11-30-22)20-19(18-7-3-4-8-23-18)25-21(29)26(20)13-16-6-5-10-28-16/h3-12,19-20H,13H2,1-2H3,(H,25,29)/t19-,20+/m0/s1. The summed E-state index contributed by atoms with van der Waals surface area (Å²) in [7, 11) is 0. The summed E-state index contributed by atoms with van der Waals surface area (Å²) < 4.78 is 7.84. The molecule has 1 aliphatic heterocycles. The summed E-state index contributed by atoms with van der Waals surface area (Å²) in [4.78, 5) is 11.3. The van der Waals surface area contributed by atoms with E-state index in [9.17, 15) is 0 Å². The number of nitrogens with zero attached hydrogens (tertiary/aromatic N) is 4. The van der Waals surface area contributed by atoms with Crippen LogP contribution in [0.1, 0.15) is 40.5 Å². The SMILES string of the molecule is Cc1cc([C@@H]2[C@H](c3ccccn3)NC(=S)N2Cc2ccco2)c(C)n1-c1nccs1. The van der Waals surface area contributed by atoms with Crippen LogP contribution in [0.2, 0.25) is 0 Å². The fourth-order valence-electron chi connectivity index (χ4n) is 4.19. The van der Waals surface area contributed by atoms with Gasteiger partial charge in [0.1, 0.15) is 5.76 Å². The van der Waals surface area contributed by atoms with Crippen LogP contribution in [0.5, 0.6) is 0 Å². The van der Waals surface area contributed by atoms with E-state index in [-0.39, 0.29) is 12.1 Å². The molecule has 1 aliphatic rings. The summed E-state index contributed by atoms with van der Waals surface area (Å²) in [5.41, 5.74) is 4.47. The lowest BCUT2D eigenvalue weighted by Crippen LogP contribution is -2.29. The first-order valence-corrected chi connectivity index (χ1v) is 11.0. The predicted octanol–water partition coefficient (Wildman–Crippen LogP) is 4.71. The van der Waals surface area contributed by atoms with Gasteiger partial charge in [0.15, 0.2) is 10.2 Å². The van der Waals surface area contributed by atoms with E-state index in [4.69, 9.17) is 16.6 Å². The first-order chi connectivity index (χ1) is 14.6. The lowest BCUT2D eigenvalue weighted by Gasteiger charge is -2.27. The summed E-state index contributed by atoms with van der Waals surface area (Å²) in [6.07, 6.45) is 5.36. The second-order valence-electron chi connectivity index (χ2n) is 7.31. The summed E-state index contributed by atoms with van der Waals surface area (Å²) in [6.45, 7) is 4.85. The maximum Gasteiger partial charge on any atom is 0.193 e. The van der Waals surface area contributed by atoms with Crippen molar-refractivity contribution in [3.05, 3.63) is 88.8 Å². The Bertz CT molecular complexity index is 1150. The van der Waals surface area contributed by atoms with Crippen LogP contribution in [-0.2, 0) is 6.54 Å². The van der Waals surface area contributed by atoms with Gasteiger partial charge in [0.25, 0.3) is 0 Å². The zero-order valence-corrected chi connectivity index (χ0v) is 18.3. The van der Waals surface area contributed by atoms with Crippen molar-refractivity contribution in [3.8, 4) is 5.13 Å². The van der Waals surface area contributed by atoms with Crippen LogP contribution in [-0.4, -0.2) is 24.5 Å². The molecule has 4 aromatic heterocycles. The van der Waals surface area contributed by atoms with Gasteiger partial charge in [-0.05, 0) is 62.0 Å². The number of hydrogen-bond donors (Lipinski definition) is 1. The molecule has 0 bridgehead atoms. The van der Waals surface area contributed by atoms with Crippen LogP contribution < -0.4 is 5.32 Å². The van der Waals surface area contributed by atoms with E-state index in [1.54, 1.807) is 17.6 Å². The molecule has 0 spiro atoms. The minimum absolute atomic E-state index is 0.0163. The fourth-order valence-corrected chi connectivity index (χ4v) is 5.25. The molecule has 8 heteroatoms. The Kier molecular flexibility index (Phi) is 4.88. The quantitative estimate of drug-likeness (QED) is 0.458. The number of aryl methyl sites for hydroxylation is 1. The van der Waals surface area contributed by atoms with Gasteiger partial charge in [-0.3, -0.25) is 9.55 Å². The number of thiazole rings is 1. The maximum absolute atomic E-state index is 5.76. The smallest absolute Gasteiger partial charge is 0.193 e. The Morgan fingerprint density at radius 1 is 1.17 bits per heavy atom. The number of thiocarbonyl (C=S) groups is 1. The van der Waals surface area contributed by atoms with Gasteiger partial charge in [0.05, 0.1) is 30.6 Å². The number of hydrogen-bond acceptors (Lipinski definition) is 5. The van der Waals surface area contributed by atoms with E-state index in [1.165, 1.54) is 5.56 Å². The van der Waals surface area contributed by atoms with Crippen molar-refractivity contribution in [1.29, 1.82) is 0 Å². The van der Waals surface area contributed by atoms with E-state index in [1.807, 2.05) is 48.1 Å². The Balaban J connectivity index is 1.62. The number of furan rings is 1. The van der Waals surface area contributed by atoms with E-state index in [0.717, 1.165) is 28.0 Å². The number of nitrogens with one attached hydrogen (secondary N) is 1.